The number of nitrogens with zero attached hydrogens (tertiary/aromatic N) is 2. The van der Waals surface area contributed by atoms with Crippen molar-refractivity contribution in [1.82, 2.24) is 20.2 Å². The van der Waals surface area contributed by atoms with E-state index in [2.05, 4.69) is 20.2 Å². The summed E-state index contributed by atoms with van der Waals surface area (Å²) in [5, 5.41) is 8.65. The standard InChI is InChI=1S/C31H31Cl2N5O3S/c1-42-31-36-17-23(38(31)18-20-7-11-22(33)12-8-20)16-35-26-13-14-41-28-24(26)3-2-4-25(28)30(40)37-27(29(34)39)15-19-5-9-21(32)10-6-19/h2-12,17,26-27,35H,13-16,18H2,1H3,(H2,34,39)(H,37,40)/t26?,27-/m0/s1. The number of hydrogen-bond donors (Lipinski definition) is 3. The number of imidazole rings is 1. The summed E-state index contributed by atoms with van der Waals surface area (Å²) >= 11 is 13.6. The summed E-state index contributed by atoms with van der Waals surface area (Å²) in [5.74, 6) is -0.535. The van der Waals surface area contributed by atoms with Crippen LogP contribution in [0.25, 0.3) is 0 Å². The number of aromatic nitrogens is 2. The average Bonchev–Trinajstić information content (AvgIpc) is 3.38. The molecule has 2 heterocycles. The summed E-state index contributed by atoms with van der Waals surface area (Å²) in [7, 11) is 0. The van der Waals surface area contributed by atoms with Gasteiger partial charge < -0.3 is 25.7 Å². The van der Waals surface area contributed by atoms with E-state index in [1.165, 1.54) is 0 Å². The molecule has 0 radical (unpaired) electrons. The van der Waals surface area contributed by atoms with Crippen molar-refractivity contribution in [2.24, 2.45) is 5.73 Å². The third-order valence-electron chi connectivity index (χ3n) is 7.19. The van der Waals surface area contributed by atoms with Crippen molar-refractivity contribution < 1.29 is 14.3 Å². The number of benzene rings is 3. The van der Waals surface area contributed by atoms with Crippen LogP contribution in [0.4, 0.5) is 0 Å². The van der Waals surface area contributed by atoms with E-state index in [1.807, 2.05) is 48.9 Å². The summed E-state index contributed by atoms with van der Waals surface area (Å²) in [4.78, 5) is 30.2. The first-order chi connectivity index (χ1) is 20.3. The van der Waals surface area contributed by atoms with E-state index in [0.29, 0.717) is 41.1 Å². The second kappa shape index (κ2) is 13.6. The highest BCUT2D eigenvalue weighted by atomic mass is 35.5. The van der Waals surface area contributed by atoms with Crippen LogP contribution in [0.3, 0.4) is 0 Å². The quantitative estimate of drug-likeness (QED) is 0.193. The number of carbonyl (C=O) groups is 2. The van der Waals surface area contributed by atoms with Crippen LogP contribution in [0, 0.1) is 0 Å². The van der Waals surface area contributed by atoms with Crippen molar-refractivity contribution in [3.05, 3.63) is 111 Å². The highest BCUT2D eigenvalue weighted by molar-refractivity contribution is 7.98. The number of thioether (sulfide) groups is 1. The number of rotatable bonds is 11. The molecule has 3 aromatic carbocycles. The first-order valence-corrected chi connectivity index (χ1v) is 15.5. The predicted molar refractivity (Wildman–Crippen MR) is 166 cm³/mol. The van der Waals surface area contributed by atoms with Crippen LogP contribution in [-0.2, 0) is 24.3 Å². The molecule has 11 heteroatoms. The molecule has 42 heavy (non-hydrogen) atoms. The number of ether oxygens (including phenoxy) is 1. The van der Waals surface area contributed by atoms with Crippen LogP contribution in [0.5, 0.6) is 5.75 Å². The molecule has 1 aliphatic rings. The zero-order valence-electron chi connectivity index (χ0n) is 23.0. The predicted octanol–water partition coefficient (Wildman–Crippen LogP) is 5.40. The normalized spacial score (nSPS) is 15.0. The molecule has 0 spiro atoms. The molecule has 0 aliphatic carbocycles. The number of amides is 2. The lowest BCUT2D eigenvalue weighted by Crippen LogP contribution is -2.46. The molecular weight excluding hydrogens is 593 g/mol. The molecule has 4 aromatic rings. The molecule has 218 valence electrons. The van der Waals surface area contributed by atoms with E-state index in [0.717, 1.165) is 34.0 Å². The third-order valence-corrected chi connectivity index (χ3v) is 8.38. The molecule has 2 amide bonds. The molecule has 0 saturated carbocycles. The van der Waals surface area contributed by atoms with E-state index in [9.17, 15) is 9.59 Å². The molecule has 2 atom stereocenters. The molecule has 0 saturated heterocycles. The monoisotopic (exact) mass is 623 g/mol. The maximum Gasteiger partial charge on any atom is 0.255 e. The number of fused-ring (bicyclic) bond motifs is 1. The Morgan fingerprint density at radius 1 is 1.07 bits per heavy atom. The van der Waals surface area contributed by atoms with Gasteiger partial charge in [0.1, 0.15) is 11.8 Å². The van der Waals surface area contributed by atoms with Gasteiger partial charge in [0, 0.05) is 47.6 Å². The van der Waals surface area contributed by atoms with E-state index in [-0.39, 0.29) is 12.5 Å². The fourth-order valence-electron chi connectivity index (χ4n) is 5.00. The fourth-order valence-corrected chi connectivity index (χ4v) is 5.81. The van der Waals surface area contributed by atoms with Gasteiger partial charge in [0.2, 0.25) is 5.91 Å². The Hall–Kier alpha value is -3.50. The van der Waals surface area contributed by atoms with Gasteiger partial charge in [-0.2, -0.15) is 0 Å². The maximum atomic E-state index is 13.4. The lowest BCUT2D eigenvalue weighted by atomic mass is 9.96. The molecule has 1 aliphatic heterocycles. The maximum absolute atomic E-state index is 13.4. The number of nitrogens with one attached hydrogen (secondary N) is 2. The first kappa shape index (κ1) is 30.0. The highest BCUT2D eigenvalue weighted by Crippen LogP contribution is 2.35. The molecule has 0 bridgehead atoms. The lowest BCUT2D eigenvalue weighted by Gasteiger charge is -2.28. The second-order valence-electron chi connectivity index (χ2n) is 10.0. The van der Waals surface area contributed by atoms with Gasteiger partial charge in [-0.05, 0) is 47.7 Å². The number of hydrogen-bond acceptors (Lipinski definition) is 6. The largest absolute Gasteiger partial charge is 0.492 e. The van der Waals surface area contributed by atoms with E-state index in [4.69, 9.17) is 33.7 Å². The first-order valence-electron chi connectivity index (χ1n) is 13.5. The minimum absolute atomic E-state index is 0.0425. The molecule has 5 rings (SSSR count). The number of nitrogens with two attached hydrogens (primary N) is 1. The summed E-state index contributed by atoms with van der Waals surface area (Å²) in [5.41, 5.74) is 9.89. The van der Waals surface area contributed by atoms with Crippen molar-refractivity contribution in [3.8, 4) is 5.75 Å². The zero-order chi connectivity index (χ0) is 29.6. The Balaban J connectivity index is 1.30. The number of carbonyl (C=O) groups excluding carboxylic acids is 2. The van der Waals surface area contributed by atoms with Gasteiger partial charge in [-0.1, -0.05) is 71.4 Å². The Morgan fingerprint density at radius 2 is 1.76 bits per heavy atom. The fraction of sp³-hybridized carbons (Fsp3) is 0.258. The van der Waals surface area contributed by atoms with Gasteiger partial charge in [0.05, 0.1) is 24.1 Å². The van der Waals surface area contributed by atoms with Gasteiger partial charge in [-0.15, -0.1) is 0 Å². The van der Waals surface area contributed by atoms with E-state index >= 15 is 0 Å². The SMILES string of the molecule is CSc1ncc(CNC2CCOc3c(C(=O)N[C@@H](Cc4ccc(Cl)cc4)C(N)=O)cccc32)n1Cc1ccc(Cl)cc1. The van der Waals surface area contributed by atoms with Crippen molar-refractivity contribution >= 4 is 46.8 Å². The molecular formula is C31H31Cl2N5O3S. The van der Waals surface area contributed by atoms with Crippen molar-refractivity contribution in [2.75, 3.05) is 12.9 Å². The summed E-state index contributed by atoms with van der Waals surface area (Å²) in [6.07, 6.45) is 4.89. The van der Waals surface area contributed by atoms with E-state index < -0.39 is 17.9 Å². The highest BCUT2D eigenvalue weighted by Gasteiger charge is 2.28. The minimum Gasteiger partial charge on any atom is -0.492 e. The van der Waals surface area contributed by atoms with E-state index in [1.54, 1.807) is 42.1 Å². The van der Waals surface area contributed by atoms with Crippen LogP contribution >= 0.6 is 35.0 Å². The average molecular weight is 625 g/mol. The minimum atomic E-state index is -0.890. The van der Waals surface area contributed by atoms with Crippen molar-refractivity contribution in [1.29, 1.82) is 0 Å². The van der Waals surface area contributed by atoms with Crippen LogP contribution < -0.4 is 21.1 Å². The van der Waals surface area contributed by atoms with Gasteiger partial charge in [0.15, 0.2) is 5.16 Å². The Morgan fingerprint density at radius 3 is 2.43 bits per heavy atom. The number of primary amides is 1. The zero-order valence-corrected chi connectivity index (χ0v) is 25.3. The summed E-state index contributed by atoms with van der Waals surface area (Å²) < 4.78 is 8.19. The molecule has 1 aromatic heterocycles. The smallest absolute Gasteiger partial charge is 0.255 e. The molecule has 4 N–H and O–H groups in total. The van der Waals surface area contributed by atoms with Crippen LogP contribution in [-0.4, -0.2) is 40.3 Å². The molecule has 8 nitrogen and oxygen atoms in total. The van der Waals surface area contributed by atoms with Gasteiger partial charge in [0.25, 0.3) is 5.91 Å². The Bertz CT molecular complexity index is 1560. The topological polar surface area (TPSA) is 111 Å². The lowest BCUT2D eigenvalue weighted by molar-refractivity contribution is -0.119. The second-order valence-corrected chi connectivity index (χ2v) is 11.6. The third kappa shape index (κ3) is 7.10. The summed E-state index contributed by atoms with van der Waals surface area (Å²) in [6, 6.07) is 19.4. The van der Waals surface area contributed by atoms with Crippen molar-refractivity contribution in [2.45, 2.75) is 43.2 Å². The summed E-state index contributed by atoms with van der Waals surface area (Å²) in [6.45, 7) is 1.70. The Labute approximate surface area is 258 Å². The van der Waals surface area contributed by atoms with Gasteiger partial charge >= 0.3 is 0 Å². The number of halogens is 2. The van der Waals surface area contributed by atoms with Gasteiger partial charge in [-0.3, -0.25) is 9.59 Å². The van der Waals surface area contributed by atoms with Crippen LogP contribution in [0.2, 0.25) is 10.0 Å². The molecule has 1 unspecified atom stereocenters. The van der Waals surface area contributed by atoms with Gasteiger partial charge in [-0.25, -0.2) is 4.98 Å². The number of para-hydroxylation sites is 1. The molecule has 0 fully saturated rings. The van der Waals surface area contributed by atoms with Crippen LogP contribution in [0.15, 0.2) is 78.1 Å². The van der Waals surface area contributed by atoms with Crippen molar-refractivity contribution in [3.63, 3.8) is 0 Å². The Kier molecular flexibility index (Phi) is 9.74. The van der Waals surface area contributed by atoms with Crippen LogP contribution in [0.1, 0.15) is 45.2 Å².